The van der Waals surface area contributed by atoms with Crippen LogP contribution in [0.15, 0.2) is 36.5 Å². The minimum atomic E-state index is -0.0795. The van der Waals surface area contributed by atoms with Gasteiger partial charge in [0.05, 0.1) is 0 Å². The molecule has 7 heteroatoms. The quantitative estimate of drug-likeness (QED) is 0.705. The van der Waals surface area contributed by atoms with E-state index in [1.165, 1.54) is 0 Å². The zero-order valence-electron chi connectivity index (χ0n) is 15.4. The minimum absolute atomic E-state index is 0.0795. The van der Waals surface area contributed by atoms with Gasteiger partial charge < -0.3 is 14.8 Å². The first-order chi connectivity index (χ1) is 13.0. The summed E-state index contributed by atoms with van der Waals surface area (Å²) in [6.45, 7) is 5.37. The molecule has 1 aliphatic heterocycles. The van der Waals surface area contributed by atoms with Gasteiger partial charge in [0.2, 0.25) is 0 Å². The number of carbonyl (C=O) groups excluding carboxylic acids is 1. The molecule has 0 unspecified atom stereocenters. The molecule has 2 aromatic heterocycles. The summed E-state index contributed by atoms with van der Waals surface area (Å²) in [6.07, 6.45) is 3.56. The molecule has 0 radical (unpaired) electrons. The number of aryl methyl sites for hydroxylation is 2. The lowest BCUT2D eigenvalue weighted by Crippen LogP contribution is -2.41. The summed E-state index contributed by atoms with van der Waals surface area (Å²) in [7, 11) is 0. The second kappa shape index (κ2) is 7.19. The summed E-state index contributed by atoms with van der Waals surface area (Å²) in [5, 5.41) is 3.60. The van der Waals surface area contributed by atoms with E-state index in [9.17, 15) is 4.79 Å². The lowest BCUT2D eigenvalue weighted by Gasteiger charge is -2.33. The van der Waals surface area contributed by atoms with Crippen molar-refractivity contribution in [3.63, 3.8) is 0 Å². The first-order valence-corrected chi connectivity index (χ1v) is 9.52. The number of nitrogens with zero attached hydrogens (tertiary/aromatic N) is 4. The molecule has 0 aliphatic carbocycles. The van der Waals surface area contributed by atoms with Crippen LogP contribution in [0, 0.1) is 13.8 Å². The van der Waals surface area contributed by atoms with Crippen molar-refractivity contribution in [3.8, 4) is 0 Å². The molecule has 3 heterocycles. The minimum Gasteiger partial charge on any atom is -0.324 e. The number of pyridine rings is 1. The molecule has 1 saturated heterocycles. The summed E-state index contributed by atoms with van der Waals surface area (Å²) >= 11 is 6.05. The van der Waals surface area contributed by atoms with E-state index in [-0.39, 0.29) is 6.03 Å². The van der Waals surface area contributed by atoms with Crippen LogP contribution in [0.3, 0.4) is 0 Å². The van der Waals surface area contributed by atoms with E-state index in [4.69, 9.17) is 11.6 Å². The number of fused-ring (bicyclic) bond motifs is 1. The Bertz CT molecular complexity index is 991. The summed E-state index contributed by atoms with van der Waals surface area (Å²) in [4.78, 5) is 23.6. The third-order valence-electron chi connectivity index (χ3n) is 5.18. The highest BCUT2D eigenvalue weighted by molar-refractivity contribution is 6.31. The highest BCUT2D eigenvalue weighted by Gasteiger charge is 2.26. The molecule has 6 nitrogen and oxygen atoms in total. The number of anilines is 1. The Kier molecular flexibility index (Phi) is 4.74. The predicted molar refractivity (Wildman–Crippen MR) is 107 cm³/mol. The van der Waals surface area contributed by atoms with Gasteiger partial charge in [-0.1, -0.05) is 17.7 Å². The monoisotopic (exact) mass is 383 g/mol. The average Bonchev–Trinajstić information content (AvgIpc) is 3.00. The normalized spacial score (nSPS) is 15.3. The number of nitrogens with one attached hydrogen (secondary N) is 1. The third-order valence-corrected chi connectivity index (χ3v) is 5.42. The van der Waals surface area contributed by atoms with Crippen LogP contribution in [0.5, 0.6) is 0 Å². The number of rotatable bonds is 2. The summed E-state index contributed by atoms with van der Waals surface area (Å²) in [5.74, 6) is 0.973. The number of likely N-dealkylation sites (tertiary alicyclic amines) is 1. The number of carbonyl (C=O) groups is 1. The molecule has 0 spiro atoms. The fourth-order valence-corrected chi connectivity index (χ4v) is 3.90. The second-order valence-electron chi connectivity index (χ2n) is 6.98. The van der Waals surface area contributed by atoms with Crippen LogP contribution < -0.4 is 5.32 Å². The van der Waals surface area contributed by atoms with E-state index in [1.807, 2.05) is 43.0 Å². The van der Waals surface area contributed by atoms with Gasteiger partial charge in [0.15, 0.2) is 5.65 Å². The Morgan fingerprint density at radius 3 is 2.78 bits per heavy atom. The fraction of sp³-hybridized carbons (Fsp3) is 0.350. The van der Waals surface area contributed by atoms with Gasteiger partial charge in [-0.2, -0.15) is 0 Å². The van der Waals surface area contributed by atoms with Crippen LogP contribution in [0.25, 0.3) is 11.2 Å². The first-order valence-electron chi connectivity index (χ1n) is 9.14. The van der Waals surface area contributed by atoms with Crippen molar-refractivity contribution in [1.82, 2.24) is 19.4 Å². The van der Waals surface area contributed by atoms with Gasteiger partial charge in [-0.3, -0.25) is 0 Å². The standard InChI is InChI=1S/C20H22ClN5O/c1-13-5-6-15(21)12-18(13)24-20(27)25-10-7-16(8-11-25)26-14(2)23-17-4-3-9-22-19(17)26/h3-6,9,12,16H,7-8,10-11H2,1-2H3,(H,24,27). The van der Waals surface area contributed by atoms with Crippen LogP contribution in [0.1, 0.15) is 30.3 Å². The van der Waals surface area contributed by atoms with Gasteiger partial charge in [0.25, 0.3) is 0 Å². The second-order valence-corrected chi connectivity index (χ2v) is 7.42. The van der Waals surface area contributed by atoms with Gasteiger partial charge >= 0.3 is 6.03 Å². The van der Waals surface area contributed by atoms with Crippen molar-refractivity contribution < 1.29 is 4.79 Å². The molecular weight excluding hydrogens is 362 g/mol. The molecule has 1 fully saturated rings. The molecule has 2 amide bonds. The molecule has 27 heavy (non-hydrogen) atoms. The van der Waals surface area contributed by atoms with E-state index < -0.39 is 0 Å². The lowest BCUT2D eigenvalue weighted by molar-refractivity contribution is 0.184. The van der Waals surface area contributed by atoms with E-state index in [1.54, 1.807) is 12.3 Å². The third kappa shape index (κ3) is 3.49. The van der Waals surface area contributed by atoms with Gasteiger partial charge in [-0.25, -0.2) is 14.8 Å². The molecule has 1 aromatic carbocycles. The molecule has 3 aromatic rings. The van der Waals surface area contributed by atoms with Crippen molar-refractivity contribution in [2.24, 2.45) is 0 Å². The van der Waals surface area contributed by atoms with Crippen molar-refractivity contribution in [2.75, 3.05) is 18.4 Å². The lowest BCUT2D eigenvalue weighted by atomic mass is 10.0. The van der Waals surface area contributed by atoms with Crippen LogP contribution in [-0.2, 0) is 0 Å². The van der Waals surface area contributed by atoms with Crippen molar-refractivity contribution in [3.05, 3.63) is 52.9 Å². The molecule has 4 rings (SSSR count). The molecule has 1 N–H and O–H groups in total. The van der Waals surface area contributed by atoms with E-state index >= 15 is 0 Å². The first kappa shape index (κ1) is 17.8. The Hall–Kier alpha value is -2.60. The number of halogens is 1. The number of aromatic nitrogens is 3. The number of urea groups is 1. The van der Waals surface area contributed by atoms with Crippen LogP contribution >= 0.6 is 11.6 Å². The molecule has 0 atom stereocenters. The Balaban J connectivity index is 1.45. The summed E-state index contributed by atoms with van der Waals surface area (Å²) in [6, 6.07) is 9.64. The van der Waals surface area contributed by atoms with E-state index in [2.05, 4.69) is 19.9 Å². The van der Waals surface area contributed by atoms with Gasteiger partial charge in [0.1, 0.15) is 11.3 Å². The van der Waals surface area contributed by atoms with Crippen molar-refractivity contribution >= 4 is 34.5 Å². The van der Waals surface area contributed by atoms with Crippen molar-refractivity contribution in [2.45, 2.75) is 32.7 Å². The average molecular weight is 384 g/mol. The maximum Gasteiger partial charge on any atom is 0.321 e. The number of piperidine rings is 1. The maximum atomic E-state index is 12.6. The Morgan fingerprint density at radius 2 is 2.00 bits per heavy atom. The largest absolute Gasteiger partial charge is 0.324 e. The SMILES string of the molecule is Cc1ccc(Cl)cc1NC(=O)N1CCC(n2c(C)nc3cccnc32)CC1. The Labute approximate surface area is 163 Å². The summed E-state index contributed by atoms with van der Waals surface area (Å²) in [5.41, 5.74) is 3.60. The zero-order valence-corrected chi connectivity index (χ0v) is 16.2. The number of hydrogen-bond acceptors (Lipinski definition) is 3. The highest BCUT2D eigenvalue weighted by atomic mass is 35.5. The summed E-state index contributed by atoms with van der Waals surface area (Å²) < 4.78 is 2.21. The van der Waals surface area contributed by atoms with Crippen LogP contribution in [0.2, 0.25) is 5.02 Å². The van der Waals surface area contributed by atoms with Gasteiger partial charge in [0, 0.05) is 36.0 Å². The molecule has 1 aliphatic rings. The van der Waals surface area contributed by atoms with E-state index in [0.29, 0.717) is 24.2 Å². The van der Waals surface area contributed by atoms with Crippen molar-refractivity contribution in [1.29, 1.82) is 0 Å². The molecular formula is C20H22ClN5O. The maximum absolute atomic E-state index is 12.6. The van der Waals surface area contributed by atoms with E-state index in [0.717, 1.165) is 41.1 Å². The number of amides is 2. The molecule has 0 bridgehead atoms. The highest BCUT2D eigenvalue weighted by Crippen LogP contribution is 2.28. The van der Waals surface area contributed by atoms with Crippen LogP contribution in [0.4, 0.5) is 10.5 Å². The van der Waals surface area contributed by atoms with Crippen LogP contribution in [-0.4, -0.2) is 38.6 Å². The topological polar surface area (TPSA) is 63.1 Å². The fourth-order valence-electron chi connectivity index (χ4n) is 3.73. The zero-order chi connectivity index (χ0) is 19.0. The van der Waals surface area contributed by atoms with Gasteiger partial charge in [-0.05, 0) is 56.5 Å². The Morgan fingerprint density at radius 1 is 1.22 bits per heavy atom. The molecule has 0 saturated carbocycles. The smallest absolute Gasteiger partial charge is 0.321 e. The predicted octanol–water partition coefficient (Wildman–Crippen LogP) is 4.57. The van der Waals surface area contributed by atoms with Gasteiger partial charge in [-0.15, -0.1) is 0 Å². The number of benzene rings is 1. The number of imidazole rings is 1. The molecule has 140 valence electrons. The number of hydrogen-bond donors (Lipinski definition) is 1.